The molecule has 1 unspecified atom stereocenters. The van der Waals surface area contributed by atoms with E-state index in [-0.39, 0.29) is 5.91 Å². The van der Waals surface area contributed by atoms with E-state index in [0.29, 0.717) is 11.6 Å². The van der Waals surface area contributed by atoms with Crippen LogP contribution in [-0.4, -0.2) is 27.3 Å². The average molecular weight is 343 g/mol. The molecule has 4 heterocycles. The maximum Gasteiger partial charge on any atom is 0.238 e. The Morgan fingerprint density at radius 1 is 1.19 bits per heavy atom. The lowest BCUT2D eigenvalue weighted by atomic mass is 10.0. The van der Waals surface area contributed by atoms with Crippen LogP contribution < -0.4 is 5.32 Å². The number of aliphatic imine (C=N–C) groups is 1. The number of hydrogen-bond donors (Lipinski definition) is 2. The molecule has 3 aromatic heterocycles. The summed E-state index contributed by atoms with van der Waals surface area (Å²) in [6.07, 6.45) is 6.69. The molecule has 7 heteroatoms. The van der Waals surface area contributed by atoms with Crippen LogP contribution in [0.4, 0.5) is 11.5 Å². The largest absolute Gasteiger partial charge is 0.464 e. The summed E-state index contributed by atoms with van der Waals surface area (Å²) in [6, 6.07) is 11.3. The Bertz CT molecular complexity index is 1140. The number of hydrogen-bond acceptors (Lipinski definition) is 5. The summed E-state index contributed by atoms with van der Waals surface area (Å²) < 4.78 is 5.42. The van der Waals surface area contributed by atoms with E-state index in [4.69, 9.17) is 4.42 Å². The number of pyridine rings is 1. The number of amides is 1. The monoisotopic (exact) mass is 343 g/mol. The number of fused-ring (bicyclic) bond motifs is 2. The Hall–Kier alpha value is -3.74. The molecule has 0 fully saturated rings. The van der Waals surface area contributed by atoms with E-state index >= 15 is 0 Å². The number of nitrogens with one attached hydrogen (secondary N) is 2. The molecule has 0 bridgehead atoms. The van der Waals surface area contributed by atoms with Gasteiger partial charge in [-0.1, -0.05) is 0 Å². The lowest BCUT2D eigenvalue weighted by Gasteiger charge is -2.04. The van der Waals surface area contributed by atoms with Crippen LogP contribution in [0, 0.1) is 0 Å². The molecule has 5 rings (SSSR count). The van der Waals surface area contributed by atoms with Crippen LogP contribution in [0.3, 0.4) is 0 Å². The van der Waals surface area contributed by atoms with Gasteiger partial charge in [-0.15, -0.1) is 0 Å². The Balaban J connectivity index is 1.50. The van der Waals surface area contributed by atoms with Crippen LogP contribution in [0.1, 0.15) is 11.5 Å². The quantitative estimate of drug-likeness (QED) is 0.555. The first kappa shape index (κ1) is 14.6. The predicted molar refractivity (Wildman–Crippen MR) is 97.6 cm³/mol. The third kappa shape index (κ3) is 2.37. The van der Waals surface area contributed by atoms with Crippen molar-refractivity contribution in [3.63, 3.8) is 0 Å². The topological polar surface area (TPSA) is 96.2 Å². The van der Waals surface area contributed by atoms with Gasteiger partial charge in [0.05, 0.1) is 23.7 Å². The first-order valence-electron chi connectivity index (χ1n) is 8.10. The highest BCUT2D eigenvalue weighted by Crippen LogP contribution is 2.33. The van der Waals surface area contributed by atoms with Gasteiger partial charge in [0.15, 0.2) is 0 Å². The molecule has 0 saturated carbocycles. The highest BCUT2D eigenvalue weighted by atomic mass is 16.3. The first-order chi connectivity index (χ1) is 12.8. The number of benzene rings is 1. The van der Waals surface area contributed by atoms with Gasteiger partial charge in [-0.2, -0.15) is 5.10 Å². The summed E-state index contributed by atoms with van der Waals surface area (Å²) in [6.45, 7) is 0. The molecule has 1 aliphatic rings. The molecule has 7 nitrogen and oxygen atoms in total. The summed E-state index contributed by atoms with van der Waals surface area (Å²) in [5, 5.41) is 10.7. The highest BCUT2D eigenvalue weighted by molar-refractivity contribution is 6.12. The van der Waals surface area contributed by atoms with Gasteiger partial charge in [0, 0.05) is 28.9 Å². The van der Waals surface area contributed by atoms with Crippen molar-refractivity contribution in [3.05, 3.63) is 60.6 Å². The number of rotatable bonds is 3. The van der Waals surface area contributed by atoms with Crippen molar-refractivity contribution in [3.8, 4) is 11.3 Å². The molecule has 1 aliphatic heterocycles. The maximum absolute atomic E-state index is 12.3. The standard InChI is InChI=1S/C19H13N5O2/c25-19-15(10-20-13-4-3-11-9-22-24-16(11)7-13)14-6-12(8-21-18(14)23-19)17-2-1-5-26-17/h1-10,15H,(H,22,24)(H,21,23,25). The van der Waals surface area contributed by atoms with Crippen LogP contribution in [-0.2, 0) is 4.79 Å². The van der Waals surface area contributed by atoms with E-state index in [2.05, 4.69) is 25.5 Å². The average Bonchev–Trinajstić information content (AvgIpc) is 3.39. The minimum absolute atomic E-state index is 0.143. The van der Waals surface area contributed by atoms with Crippen molar-refractivity contribution in [2.75, 3.05) is 5.32 Å². The molecule has 0 spiro atoms. The van der Waals surface area contributed by atoms with Crippen LogP contribution in [0.25, 0.3) is 22.2 Å². The Kier molecular flexibility index (Phi) is 3.18. The highest BCUT2D eigenvalue weighted by Gasteiger charge is 2.30. The van der Waals surface area contributed by atoms with Crippen LogP contribution in [0.2, 0.25) is 0 Å². The number of carbonyl (C=O) groups excluding carboxylic acids is 1. The Morgan fingerprint density at radius 3 is 3.04 bits per heavy atom. The molecule has 0 saturated heterocycles. The van der Waals surface area contributed by atoms with Gasteiger partial charge >= 0.3 is 0 Å². The number of aromatic amines is 1. The molecule has 126 valence electrons. The Labute approximate surface area is 147 Å². The number of nitrogens with zero attached hydrogens (tertiary/aromatic N) is 3. The minimum Gasteiger partial charge on any atom is -0.464 e. The first-order valence-corrected chi connectivity index (χ1v) is 8.10. The fraction of sp³-hybridized carbons (Fsp3) is 0.0526. The second-order valence-corrected chi connectivity index (χ2v) is 6.03. The third-order valence-corrected chi connectivity index (χ3v) is 4.38. The molecular formula is C19H13N5O2. The number of aromatic nitrogens is 3. The molecule has 0 aliphatic carbocycles. The van der Waals surface area contributed by atoms with Gasteiger partial charge in [-0.3, -0.25) is 14.9 Å². The summed E-state index contributed by atoms with van der Waals surface area (Å²) in [4.78, 5) is 21.2. The second-order valence-electron chi connectivity index (χ2n) is 6.03. The van der Waals surface area contributed by atoms with Gasteiger partial charge in [0.2, 0.25) is 5.91 Å². The van der Waals surface area contributed by atoms with Gasteiger partial charge in [0.1, 0.15) is 17.5 Å². The van der Waals surface area contributed by atoms with Crippen molar-refractivity contribution in [1.82, 2.24) is 15.2 Å². The Morgan fingerprint density at radius 2 is 2.15 bits per heavy atom. The van der Waals surface area contributed by atoms with E-state index in [1.54, 1.807) is 24.9 Å². The third-order valence-electron chi connectivity index (χ3n) is 4.38. The SMILES string of the molecule is O=C1Nc2ncc(-c3ccco3)cc2C1C=Nc1ccc2cn[nH]c2c1. The van der Waals surface area contributed by atoms with E-state index in [9.17, 15) is 4.79 Å². The summed E-state index contributed by atoms with van der Waals surface area (Å²) in [5.74, 6) is 0.631. The van der Waals surface area contributed by atoms with Crippen LogP contribution in [0.5, 0.6) is 0 Å². The van der Waals surface area contributed by atoms with Gasteiger partial charge in [-0.05, 0) is 36.4 Å². The van der Waals surface area contributed by atoms with Crippen molar-refractivity contribution < 1.29 is 9.21 Å². The lowest BCUT2D eigenvalue weighted by molar-refractivity contribution is -0.115. The molecule has 0 radical (unpaired) electrons. The molecule has 26 heavy (non-hydrogen) atoms. The van der Waals surface area contributed by atoms with Crippen LogP contribution >= 0.6 is 0 Å². The second kappa shape index (κ2) is 5.66. The number of furan rings is 1. The lowest BCUT2D eigenvalue weighted by Crippen LogP contribution is -2.12. The summed E-state index contributed by atoms with van der Waals surface area (Å²) in [7, 11) is 0. The normalized spacial score (nSPS) is 16.3. The number of H-pyrrole nitrogens is 1. The minimum atomic E-state index is -0.495. The molecular weight excluding hydrogens is 330 g/mol. The van der Waals surface area contributed by atoms with E-state index < -0.39 is 5.92 Å². The van der Waals surface area contributed by atoms with Gasteiger partial charge in [0.25, 0.3) is 0 Å². The van der Waals surface area contributed by atoms with Crippen molar-refractivity contribution >= 4 is 34.5 Å². The maximum atomic E-state index is 12.3. The molecule has 1 atom stereocenters. The molecule has 2 N–H and O–H groups in total. The zero-order valence-electron chi connectivity index (χ0n) is 13.5. The summed E-state index contributed by atoms with van der Waals surface area (Å²) >= 11 is 0. The van der Waals surface area contributed by atoms with Crippen molar-refractivity contribution in [1.29, 1.82) is 0 Å². The smallest absolute Gasteiger partial charge is 0.238 e. The van der Waals surface area contributed by atoms with Gasteiger partial charge < -0.3 is 9.73 Å². The molecule has 1 aromatic carbocycles. The number of carbonyl (C=O) groups is 1. The molecule has 4 aromatic rings. The fourth-order valence-electron chi connectivity index (χ4n) is 3.05. The van der Waals surface area contributed by atoms with Crippen molar-refractivity contribution in [2.45, 2.75) is 5.92 Å². The van der Waals surface area contributed by atoms with E-state index in [1.807, 2.05) is 36.4 Å². The summed E-state index contributed by atoms with van der Waals surface area (Å²) in [5.41, 5.74) is 3.26. The van der Waals surface area contributed by atoms with E-state index in [1.165, 1.54) is 0 Å². The van der Waals surface area contributed by atoms with Gasteiger partial charge in [-0.25, -0.2) is 4.98 Å². The predicted octanol–water partition coefficient (Wildman–Crippen LogP) is 3.66. The fourth-order valence-corrected chi connectivity index (χ4v) is 3.05. The van der Waals surface area contributed by atoms with E-state index in [0.717, 1.165) is 27.7 Å². The number of anilines is 1. The molecule has 1 amide bonds. The van der Waals surface area contributed by atoms with Crippen LogP contribution in [0.15, 0.2) is 64.5 Å². The zero-order valence-corrected chi connectivity index (χ0v) is 13.5. The van der Waals surface area contributed by atoms with Crippen molar-refractivity contribution in [2.24, 2.45) is 4.99 Å². The zero-order chi connectivity index (χ0) is 17.5.